The van der Waals surface area contributed by atoms with Crippen LogP contribution in [-0.2, 0) is 16.0 Å². The van der Waals surface area contributed by atoms with Crippen molar-refractivity contribution < 1.29 is 24.5 Å². The summed E-state index contributed by atoms with van der Waals surface area (Å²) in [4.78, 5) is 24.5. The second-order valence-corrected chi connectivity index (χ2v) is 5.14. The maximum atomic E-state index is 12.2. The minimum atomic E-state index is -1.07. The second kappa shape index (κ2) is 6.58. The van der Waals surface area contributed by atoms with Crippen LogP contribution in [0.25, 0.3) is 0 Å². The molecule has 0 aliphatic carbocycles. The molecule has 1 fully saturated rings. The summed E-state index contributed by atoms with van der Waals surface area (Å²) in [6, 6.07) is 6.49. The molecule has 0 radical (unpaired) electrons. The summed E-state index contributed by atoms with van der Waals surface area (Å²) in [6.45, 7) is 0.0912. The number of carboxylic acid groups (broad SMARTS) is 1. The van der Waals surface area contributed by atoms with E-state index in [-0.39, 0.29) is 25.3 Å². The fourth-order valence-electron chi connectivity index (χ4n) is 2.55. The first kappa shape index (κ1) is 15.3. The molecule has 1 aliphatic heterocycles. The number of nitrogens with zero attached hydrogens (tertiary/aromatic N) is 1. The number of carboxylic acids is 1. The maximum Gasteiger partial charge on any atom is 0.326 e. The fourth-order valence-corrected chi connectivity index (χ4v) is 2.55. The van der Waals surface area contributed by atoms with Gasteiger partial charge in [0.15, 0.2) is 0 Å². The Balaban J connectivity index is 1.96. The van der Waals surface area contributed by atoms with E-state index in [9.17, 15) is 14.7 Å². The first-order valence-electron chi connectivity index (χ1n) is 6.84. The SMILES string of the molecule is COc1cccc(CCC(=O)N2CC(O)C[C@H]2C(=O)O)c1. The van der Waals surface area contributed by atoms with E-state index in [0.717, 1.165) is 11.3 Å². The van der Waals surface area contributed by atoms with Gasteiger partial charge in [-0.3, -0.25) is 4.79 Å². The lowest BCUT2D eigenvalue weighted by Crippen LogP contribution is -2.40. The van der Waals surface area contributed by atoms with Crippen LogP contribution in [0.15, 0.2) is 24.3 Å². The number of benzene rings is 1. The van der Waals surface area contributed by atoms with Gasteiger partial charge in [0.2, 0.25) is 5.91 Å². The average molecular weight is 293 g/mol. The number of hydrogen-bond acceptors (Lipinski definition) is 4. The average Bonchev–Trinajstić information content (AvgIpc) is 2.87. The molecule has 114 valence electrons. The van der Waals surface area contributed by atoms with Gasteiger partial charge in [0.25, 0.3) is 0 Å². The van der Waals surface area contributed by atoms with Crippen LogP contribution in [-0.4, -0.2) is 52.8 Å². The summed E-state index contributed by atoms with van der Waals surface area (Å²) in [5, 5.41) is 18.6. The lowest BCUT2D eigenvalue weighted by atomic mass is 10.1. The lowest BCUT2D eigenvalue weighted by Gasteiger charge is -2.21. The first-order chi connectivity index (χ1) is 10.0. The minimum absolute atomic E-state index is 0.0912. The van der Waals surface area contributed by atoms with Crippen LogP contribution in [0.2, 0.25) is 0 Å². The molecule has 0 aromatic heterocycles. The summed E-state index contributed by atoms with van der Waals surface area (Å²) in [7, 11) is 1.58. The molecule has 1 amide bonds. The Bertz CT molecular complexity index is 531. The molecule has 21 heavy (non-hydrogen) atoms. The lowest BCUT2D eigenvalue weighted by molar-refractivity contribution is -0.148. The van der Waals surface area contributed by atoms with Crippen molar-refractivity contribution in [3.63, 3.8) is 0 Å². The third-order valence-corrected chi connectivity index (χ3v) is 3.65. The molecule has 0 saturated carbocycles. The predicted octanol–water partition coefficient (Wildman–Crippen LogP) is 0.674. The summed E-state index contributed by atoms with van der Waals surface area (Å²) in [5.41, 5.74) is 0.953. The van der Waals surface area contributed by atoms with Crippen molar-refractivity contribution >= 4 is 11.9 Å². The van der Waals surface area contributed by atoms with Gasteiger partial charge in [-0.05, 0) is 24.1 Å². The number of aryl methyl sites for hydroxylation is 1. The van der Waals surface area contributed by atoms with Crippen LogP contribution in [0.3, 0.4) is 0 Å². The van der Waals surface area contributed by atoms with Gasteiger partial charge in [-0.25, -0.2) is 4.79 Å². The number of likely N-dealkylation sites (tertiary alicyclic amines) is 1. The molecule has 2 rings (SSSR count). The van der Waals surface area contributed by atoms with Gasteiger partial charge in [0.05, 0.1) is 13.2 Å². The van der Waals surface area contributed by atoms with Crippen LogP contribution in [0.4, 0.5) is 0 Å². The molecule has 0 bridgehead atoms. The summed E-state index contributed by atoms with van der Waals surface area (Å²) in [6.07, 6.45) is 0.0608. The first-order valence-corrected chi connectivity index (χ1v) is 6.84. The van der Waals surface area contributed by atoms with Crippen LogP contribution in [0.1, 0.15) is 18.4 Å². The van der Waals surface area contributed by atoms with E-state index in [1.165, 1.54) is 4.90 Å². The van der Waals surface area contributed by atoms with E-state index in [4.69, 9.17) is 9.84 Å². The molecule has 0 spiro atoms. The Morgan fingerprint density at radius 3 is 2.86 bits per heavy atom. The van der Waals surface area contributed by atoms with Crippen LogP contribution in [0.5, 0.6) is 5.75 Å². The van der Waals surface area contributed by atoms with Gasteiger partial charge in [0, 0.05) is 19.4 Å². The molecular formula is C15H19NO5. The molecule has 1 aromatic rings. The highest BCUT2D eigenvalue weighted by atomic mass is 16.5. The Morgan fingerprint density at radius 1 is 1.43 bits per heavy atom. The molecule has 6 nitrogen and oxygen atoms in total. The molecule has 1 aliphatic rings. The quantitative estimate of drug-likeness (QED) is 0.833. The standard InChI is InChI=1S/C15H19NO5/c1-21-12-4-2-3-10(7-12)5-6-14(18)16-9-11(17)8-13(16)15(19)20/h2-4,7,11,13,17H,5-6,8-9H2,1H3,(H,19,20)/t11?,13-/m0/s1. The second-order valence-electron chi connectivity index (χ2n) is 5.14. The third kappa shape index (κ3) is 3.72. The number of carbonyl (C=O) groups is 2. The molecule has 2 atom stereocenters. The summed E-state index contributed by atoms with van der Waals surface area (Å²) >= 11 is 0. The monoisotopic (exact) mass is 293 g/mol. The number of carbonyl (C=O) groups excluding carboxylic acids is 1. The van der Waals surface area contributed by atoms with E-state index in [1.807, 2.05) is 24.3 Å². The van der Waals surface area contributed by atoms with Crippen molar-refractivity contribution in [3.8, 4) is 5.75 Å². The number of aliphatic hydroxyl groups is 1. The molecule has 2 N–H and O–H groups in total. The third-order valence-electron chi connectivity index (χ3n) is 3.65. The summed E-state index contributed by atoms with van der Waals surface area (Å²) in [5.74, 6) is -0.594. The van der Waals surface area contributed by atoms with Crippen molar-refractivity contribution in [1.29, 1.82) is 0 Å². The highest BCUT2D eigenvalue weighted by Crippen LogP contribution is 2.20. The van der Waals surface area contributed by atoms with Crippen molar-refractivity contribution in [3.05, 3.63) is 29.8 Å². The Labute approximate surface area is 122 Å². The minimum Gasteiger partial charge on any atom is -0.497 e. The van der Waals surface area contributed by atoms with Crippen LogP contribution in [0, 0.1) is 0 Å². The fraction of sp³-hybridized carbons (Fsp3) is 0.467. The zero-order valence-corrected chi connectivity index (χ0v) is 11.9. The van der Waals surface area contributed by atoms with E-state index in [0.29, 0.717) is 6.42 Å². The van der Waals surface area contributed by atoms with Gasteiger partial charge in [-0.15, -0.1) is 0 Å². The highest BCUT2D eigenvalue weighted by molar-refractivity contribution is 5.84. The molecule has 1 aromatic carbocycles. The number of aliphatic carboxylic acids is 1. The van der Waals surface area contributed by atoms with Crippen molar-refractivity contribution in [2.45, 2.75) is 31.4 Å². The number of hydrogen-bond donors (Lipinski definition) is 2. The Hall–Kier alpha value is -2.08. The van der Waals surface area contributed by atoms with Gasteiger partial charge < -0.3 is 19.8 Å². The number of ether oxygens (including phenoxy) is 1. The molecule has 1 unspecified atom stereocenters. The van der Waals surface area contributed by atoms with Gasteiger partial charge in [-0.1, -0.05) is 12.1 Å². The van der Waals surface area contributed by atoms with Crippen molar-refractivity contribution in [2.24, 2.45) is 0 Å². The zero-order valence-electron chi connectivity index (χ0n) is 11.9. The zero-order chi connectivity index (χ0) is 15.4. The maximum absolute atomic E-state index is 12.2. The molecule has 1 saturated heterocycles. The number of amides is 1. The Morgan fingerprint density at radius 2 is 2.19 bits per heavy atom. The molecule has 6 heteroatoms. The van der Waals surface area contributed by atoms with E-state index in [1.54, 1.807) is 7.11 Å². The number of methoxy groups -OCH3 is 1. The van der Waals surface area contributed by atoms with Gasteiger partial charge in [-0.2, -0.15) is 0 Å². The Kier molecular flexibility index (Phi) is 4.80. The van der Waals surface area contributed by atoms with E-state index < -0.39 is 18.1 Å². The number of rotatable bonds is 5. The van der Waals surface area contributed by atoms with Gasteiger partial charge >= 0.3 is 5.97 Å². The van der Waals surface area contributed by atoms with Crippen molar-refractivity contribution in [1.82, 2.24) is 4.90 Å². The van der Waals surface area contributed by atoms with Gasteiger partial charge in [0.1, 0.15) is 11.8 Å². The molecule has 1 heterocycles. The topological polar surface area (TPSA) is 87.1 Å². The predicted molar refractivity (Wildman–Crippen MR) is 75.1 cm³/mol. The largest absolute Gasteiger partial charge is 0.497 e. The normalized spacial score (nSPS) is 21.3. The molecular weight excluding hydrogens is 274 g/mol. The summed E-state index contributed by atoms with van der Waals surface area (Å²) < 4.78 is 5.12. The van der Waals surface area contributed by atoms with E-state index >= 15 is 0 Å². The van der Waals surface area contributed by atoms with E-state index in [2.05, 4.69) is 0 Å². The van der Waals surface area contributed by atoms with Crippen molar-refractivity contribution in [2.75, 3.05) is 13.7 Å². The smallest absolute Gasteiger partial charge is 0.326 e. The van der Waals surface area contributed by atoms with Crippen LogP contribution >= 0.6 is 0 Å². The number of aliphatic hydroxyl groups excluding tert-OH is 1. The van der Waals surface area contributed by atoms with Crippen LogP contribution < -0.4 is 4.74 Å². The highest BCUT2D eigenvalue weighted by Gasteiger charge is 2.38. The number of β-amino-alcohol motifs (C(OH)–C–C–N with tert-alkyl or cyclic N) is 1.